The maximum atomic E-state index is 12.4. The second kappa shape index (κ2) is 6.29. The van der Waals surface area contributed by atoms with Crippen molar-refractivity contribution in [1.29, 1.82) is 0 Å². The number of aryl methyl sites for hydroxylation is 1. The predicted molar refractivity (Wildman–Crippen MR) is 85.5 cm³/mol. The van der Waals surface area contributed by atoms with Crippen LogP contribution in [0.5, 0.6) is 0 Å². The predicted octanol–water partition coefficient (Wildman–Crippen LogP) is 1.99. The topological polar surface area (TPSA) is 97.1 Å². The molecule has 1 heterocycles. The third kappa shape index (κ3) is 3.70. The Morgan fingerprint density at radius 1 is 1.35 bits per heavy atom. The van der Waals surface area contributed by atoms with Gasteiger partial charge in [-0.3, -0.25) is 0 Å². The van der Waals surface area contributed by atoms with Gasteiger partial charge in [0.05, 0.1) is 11.4 Å². The van der Waals surface area contributed by atoms with Crippen LogP contribution < -0.4 is 10.0 Å². The van der Waals surface area contributed by atoms with E-state index in [2.05, 4.69) is 20.2 Å². The maximum absolute atomic E-state index is 12.4. The molecule has 1 aliphatic carbocycles. The van der Waals surface area contributed by atoms with Crippen LogP contribution in [0.3, 0.4) is 0 Å². The number of nitrogens with one attached hydrogen (secondary N) is 2. The van der Waals surface area contributed by atoms with Gasteiger partial charge in [-0.1, -0.05) is 18.1 Å². The van der Waals surface area contributed by atoms with Crippen molar-refractivity contribution in [2.24, 2.45) is 0 Å². The molecule has 23 heavy (non-hydrogen) atoms. The van der Waals surface area contributed by atoms with Crippen molar-refractivity contribution in [1.82, 2.24) is 14.9 Å². The lowest BCUT2D eigenvalue weighted by Crippen LogP contribution is -2.26. The van der Waals surface area contributed by atoms with Gasteiger partial charge in [0, 0.05) is 18.2 Å². The van der Waals surface area contributed by atoms with Crippen LogP contribution in [-0.4, -0.2) is 24.6 Å². The number of hydrogen-bond acceptors (Lipinski definition) is 6. The lowest BCUT2D eigenvalue weighted by molar-refractivity contribution is 0.377. The number of benzene rings is 1. The quantitative estimate of drug-likeness (QED) is 0.802. The first-order valence-corrected chi connectivity index (χ1v) is 9.15. The van der Waals surface area contributed by atoms with Crippen LogP contribution in [0, 0.1) is 6.92 Å². The second-order valence-electron chi connectivity index (χ2n) is 5.64. The Bertz CT molecular complexity index is 797. The summed E-state index contributed by atoms with van der Waals surface area (Å²) < 4.78 is 32.5. The monoisotopic (exact) mass is 336 g/mol. The van der Waals surface area contributed by atoms with Crippen molar-refractivity contribution in [2.45, 2.75) is 50.6 Å². The average Bonchev–Trinajstić information content (AvgIpc) is 3.19. The maximum Gasteiger partial charge on any atom is 0.241 e. The molecule has 0 saturated heterocycles. The largest absolute Gasteiger partial charge is 0.377 e. The SMILES string of the molecule is CCc1nc(CNc2cccc(S(=O)(=O)NC3CC3)c2C)no1. The average molecular weight is 336 g/mol. The summed E-state index contributed by atoms with van der Waals surface area (Å²) in [6.45, 7) is 4.11. The van der Waals surface area contributed by atoms with E-state index in [1.807, 2.05) is 13.0 Å². The van der Waals surface area contributed by atoms with E-state index < -0.39 is 10.0 Å². The Morgan fingerprint density at radius 2 is 2.13 bits per heavy atom. The molecule has 0 aliphatic heterocycles. The molecular formula is C15H20N4O3S. The minimum atomic E-state index is -3.47. The molecule has 0 spiro atoms. The van der Waals surface area contributed by atoms with Crippen LogP contribution in [0.4, 0.5) is 5.69 Å². The number of nitrogens with zero attached hydrogens (tertiary/aromatic N) is 2. The Labute approximate surface area is 135 Å². The molecule has 0 bridgehead atoms. The Balaban J connectivity index is 1.76. The van der Waals surface area contributed by atoms with E-state index in [4.69, 9.17) is 4.52 Å². The number of anilines is 1. The third-order valence-electron chi connectivity index (χ3n) is 3.72. The number of aromatic nitrogens is 2. The smallest absolute Gasteiger partial charge is 0.241 e. The fourth-order valence-electron chi connectivity index (χ4n) is 2.26. The van der Waals surface area contributed by atoms with Crippen molar-refractivity contribution < 1.29 is 12.9 Å². The van der Waals surface area contributed by atoms with Crippen molar-refractivity contribution in [3.05, 3.63) is 35.5 Å². The van der Waals surface area contributed by atoms with E-state index in [0.29, 0.717) is 35.1 Å². The van der Waals surface area contributed by atoms with Gasteiger partial charge >= 0.3 is 0 Å². The van der Waals surface area contributed by atoms with Gasteiger partial charge in [-0.2, -0.15) is 4.98 Å². The molecule has 3 rings (SSSR count). The van der Waals surface area contributed by atoms with Crippen LogP contribution in [0.15, 0.2) is 27.6 Å². The zero-order valence-electron chi connectivity index (χ0n) is 13.2. The Hall–Kier alpha value is -1.93. The van der Waals surface area contributed by atoms with Crippen LogP contribution in [0.25, 0.3) is 0 Å². The van der Waals surface area contributed by atoms with Gasteiger partial charge in [0.2, 0.25) is 15.9 Å². The van der Waals surface area contributed by atoms with Crippen LogP contribution in [0.1, 0.15) is 37.0 Å². The standard InChI is InChI=1S/C15H20N4O3S/c1-3-15-17-14(18-22-15)9-16-12-5-4-6-13(10(12)2)23(20,21)19-11-7-8-11/h4-6,11,16,19H,3,7-9H2,1-2H3. The van der Waals surface area contributed by atoms with Gasteiger partial charge < -0.3 is 9.84 Å². The zero-order chi connectivity index (χ0) is 16.4. The molecule has 1 aromatic heterocycles. The second-order valence-corrected chi connectivity index (χ2v) is 7.32. The summed E-state index contributed by atoms with van der Waals surface area (Å²) in [6.07, 6.45) is 2.51. The normalized spacial score (nSPS) is 14.9. The molecule has 2 N–H and O–H groups in total. The first kappa shape index (κ1) is 15.9. The van der Waals surface area contributed by atoms with Crippen LogP contribution in [-0.2, 0) is 23.0 Å². The van der Waals surface area contributed by atoms with E-state index in [0.717, 1.165) is 18.5 Å². The Kier molecular flexibility index (Phi) is 4.36. The van der Waals surface area contributed by atoms with Gasteiger partial charge in [0.1, 0.15) is 0 Å². The molecule has 1 aromatic carbocycles. The van der Waals surface area contributed by atoms with Crippen LogP contribution >= 0.6 is 0 Å². The minimum Gasteiger partial charge on any atom is -0.377 e. The summed E-state index contributed by atoms with van der Waals surface area (Å²) in [6, 6.07) is 5.27. The molecule has 0 radical (unpaired) electrons. The summed E-state index contributed by atoms with van der Waals surface area (Å²) in [5.74, 6) is 1.13. The van der Waals surface area contributed by atoms with E-state index in [-0.39, 0.29) is 6.04 Å². The highest BCUT2D eigenvalue weighted by atomic mass is 32.2. The van der Waals surface area contributed by atoms with E-state index in [1.54, 1.807) is 19.1 Å². The highest BCUT2D eigenvalue weighted by molar-refractivity contribution is 7.89. The number of rotatable bonds is 7. The lowest BCUT2D eigenvalue weighted by Gasteiger charge is -2.13. The Morgan fingerprint density at radius 3 is 2.78 bits per heavy atom. The molecule has 0 amide bonds. The molecular weight excluding hydrogens is 316 g/mol. The van der Waals surface area contributed by atoms with Gasteiger partial charge in [0.25, 0.3) is 0 Å². The summed E-state index contributed by atoms with van der Waals surface area (Å²) in [4.78, 5) is 4.52. The summed E-state index contributed by atoms with van der Waals surface area (Å²) in [5, 5.41) is 7.04. The first-order chi connectivity index (χ1) is 11.0. The summed E-state index contributed by atoms with van der Waals surface area (Å²) in [7, 11) is -3.47. The molecule has 0 atom stereocenters. The van der Waals surface area contributed by atoms with E-state index in [9.17, 15) is 8.42 Å². The molecule has 2 aromatic rings. The summed E-state index contributed by atoms with van der Waals surface area (Å²) >= 11 is 0. The van der Waals surface area contributed by atoms with Crippen LogP contribution in [0.2, 0.25) is 0 Å². The molecule has 124 valence electrons. The van der Waals surface area contributed by atoms with Crippen molar-refractivity contribution in [3.8, 4) is 0 Å². The van der Waals surface area contributed by atoms with Crippen molar-refractivity contribution in [3.63, 3.8) is 0 Å². The first-order valence-electron chi connectivity index (χ1n) is 7.67. The molecule has 7 nitrogen and oxygen atoms in total. The van der Waals surface area contributed by atoms with Gasteiger partial charge in [-0.05, 0) is 37.5 Å². The molecule has 1 aliphatic rings. The fraction of sp³-hybridized carbons (Fsp3) is 0.467. The van der Waals surface area contributed by atoms with Crippen molar-refractivity contribution in [2.75, 3.05) is 5.32 Å². The molecule has 1 fully saturated rings. The zero-order valence-corrected chi connectivity index (χ0v) is 14.0. The van der Waals surface area contributed by atoms with E-state index in [1.165, 1.54) is 0 Å². The fourth-order valence-corrected chi connectivity index (χ4v) is 3.83. The summed E-state index contributed by atoms with van der Waals surface area (Å²) in [5.41, 5.74) is 1.42. The third-order valence-corrected chi connectivity index (χ3v) is 5.39. The highest BCUT2D eigenvalue weighted by Gasteiger charge is 2.29. The van der Waals surface area contributed by atoms with E-state index >= 15 is 0 Å². The molecule has 8 heteroatoms. The molecule has 0 unspecified atom stereocenters. The number of hydrogen-bond donors (Lipinski definition) is 2. The molecule has 1 saturated carbocycles. The highest BCUT2D eigenvalue weighted by Crippen LogP contribution is 2.26. The van der Waals surface area contributed by atoms with Gasteiger partial charge in [0.15, 0.2) is 5.82 Å². The van der Waals surface area contributed by atoms with Gasteiger partial charge in [-0.15, -0.1) is 0 Å². The minimum absolute atomic E-state index is 0.0859. The number of sulfonamides is 1. The van der Waals surface area contributed by atoms with Gasteiger partial charge in [-0.25, -0.2) is 13.1 Å². The lowest BCUT2D eigenvalue weighted by atomic mass is 10.2. The van der Waals surface area contributed by atoms with Crippen molar-refractivity contribution >= 4 is 15.7 Å².